The molecule has 141 valence electrons. The van der Waals surface area contributed by atoms with Crippen LogP contribution in [0.15, 0.2) is 18.3 Å². The molecule has 1 aromatic heterocycles. The van der Waals surface area contributed by atoms with E-state index in [4.69, 9.17) is 0 Å². The van der Waals surface area contributed by atoms with Crippen LogP contribution in [-0.4, -0.2) is 17.4 Å². The molecule has 0 spiro atoms. The monoisotopic (exact) mass is 345 g/mol. The van der Waals surface area contributed by atoms with E-state index in [0.29, 0.717) is 5.56 Å². The summed E-state index contributed by atoms with van der Waals surface area (Å²) in [5.41, 5.74) is 0.615. The van der Waals surface area contributed by atoms with Crippen LogP contribution in [0.2, 0.25) is 0 Å². The highest BCUT2D eigenvalue weighted by molar-refractivity contribution is 5.93. The number of nitrogens with one attached hydrogen (secondary N) is 1. The van der Waals surface area contributed by atoms with Crippen molar-refractivity contribution in [2.75, 3.05) is 6.54 Å². The topological polar surface area (TPSA) is 42.0 Å². The van der Waals surface area contributed by atoms with E-state index in [9.17, 15) is 4.79 Å². The van der Waals surface area contributed by atoms with Crippen molar-refractivity contribution < 1.29 is 4.79 Å². The van der Waals surface area contributed by atoms with Crippen LogP contribution in [0.1, 0.15) is 107 Å². The van der Waals surface area contributed by atoms with Gasteiger partial charge in [-0.3, -0.25) is 9.78 Å². The number of hydrogen-bond acceptors (Lipinski definition) is 2. The Kier molecular flexibility index (Phi) is 14.0. The molecule has 0 aliphatic heterocycles. The lowest BCUT2D eigenvalue weighted by Gasteiger charge is -2.05. The summed E-state index contributed by atoms with van der Waals surface area (Å²) < 4.78 is 0. The van der Waals surface area contributed by atoms with Crippen molar-refractivity contribution in [3.05, 3.63) is 30.1 Å². The van der Waals surface area contributed by atoms with Gasteiger partial charge in [-0.05, 0) is 18.6 Å². The van der Waals surface area contributed by atoms with E-state index in [2.05, 4.69) is 23.4 Å². The molecule has 25 heavy (non-hydrogen) atoms. The normalized spacial score (nSPS) is 10.8. The van der Waals surface area contributed by atoms with Gasteiger partial charge in [-0.2, -0.15) is 0 Å². The van der Waals surface area contributed by atoms with Gasteiger partial charge in [-0.15, -0.1) is 0 Å². The number of hydrogen-bond donors (Lipinski definition) is 1. The minimum Gasteiger partial charge on any atom is -0.352 e. The molecular formula is C22H37N2O. The fourth-order valence-corrected chi connectivity index (χ4v) is 3.08. The van der Waals surface area contributed by atoms with Gasteiger partial charge >= 0.3 is 0 Å². The summed E-state index contributed by atoms with van der Waals surface area (Å²) in [5.74, 6) is -0.0313. The Bertz CT molecular complexity index is 419. The van der Waals surface area contributed by atoms with Crippen molar-refractivity contribution in [3.8, 4) is 0 Å². The first-order valence-corrected chi connectivity index (χ1v) is 10.4. The van der Waals surface area contributed by atoms with Crippen LogP contribution in [0.25, 0.3) is 0 Å². The van der Waals surface area contributed by atoms with E-state index in [1.807, 2.05) is 0 Å². The number of rotatable bonds is 16. The molecule has 0 saturated carbocycles. The summed E-state index contributed by atoms with van der Waals surface area (Å²) in [6.45, 7) is 3.03. The molecule has 1 N–H and O–H groups in total. The van der Waals surface area contributed by atoms with Crippen LogP contribution < -0.4 is 5.32 Å². The largest absolute Gasteiger partial charge is 0.352 e. The molecule has 1 heterocycles. The van der Waals surface area contributed by atoms with E-state index in [-0.39, 0.29) is 5.91 Å². The molecule has 3 heteroatoms. The molecule has 1 aromatic rings. The maximum absolute atomic E-state index is 11.8. The summed E-state index contributed by atoms with van der Waals surface area (Å²) in [6.07, 6.45) is 23.2. The maximum Gasteiger partial charge on any atom is 0.252 e. The van der Waals surface area contributed by atoms with E-state index in [1.54, 1.807) is 18.3 Å². The summed E-state index contributed by atoms with van der Waals surface area (Å²) in [7, 11) is 0. The minimum absolute atomic E-state index is 0.0313. The molecule has 1 amide bonds. The molecule has 0 atom stereocenters. The van der Waals surface area contributed by atoms with Crippen LogP contribution in [-0.2, 0) is 0 Å². The zero-order valence-electron chi connectivity index (χ0n) is 16.2. The van der Waals surface area contributed by atoms with Crippen molar-refractivity contribution >= 4 is 5.91 Å². The van der Waals surface area contributed by atoms with E-state index in [1.165, 1.54) is 83.5 Å². The number of aromatic nitrogens is 1. The molecule has 1 rings (SSSR count). The summed E-state index contributed by atoms with van der Waals surface area (Å²) in [4.78, 5) is 15.7. The SMILES string of the molecule is CCCCCCCCCCCCCCCCNC(=O)c1cc[c]nc1. The number of unbranched alkanes of at least 4 members (excludes halogenated alkanes) is 13. The first kappa shape index (κ1) is 21.7. The third-order valence-corrected chi connectivity index (χ3v) is 4.69. The molecule has 0 aliphatic rings. The van der Waals surface area contributed by atoms with Gasteiger partial charge in [0.25, 0.3) is 5.91 Å². The quantitative estimate of drug-likeness (QED) is 0.368. The van der Waals surface area contributed by atoms with Gasteiger partial charge in [0.15, 0.2) is 0 Å². The Morgan fingerprint density at radius 1 is 0.880 bits per heavy atom. The highest BCUT2D eigenvalue weighted by Gasteiger charge is 2.03. The predicted octanol–water partition coefficient (Wildman–Crippen LogP) is 6.09. The Balaban J connectivity index is 1.78. The lowest BCUT2D eigenvalue weighted by Crippen LogP contribution is -2.24. The average Bonchev–Trinajstić information content (AvgIpc) is 2.65. The number of amides is 1. The molecule has 0 saturated heterocycles. The van der Waals surface area contributed by atoms with E-state index in [0.717, 1.165) is 13.0 Å². The van der Waals surface area contributed by atoms with Crippen molar-refractivity contribution in [1.82, 2.24) is 10.3 Å². The van der Waals surface area contributed by atoms with Crippen molar-refractivity contribution in [1.29, 1.82) is 0 Å². The third kappa shape index (κ3) is 12.6. The molecule has 0 bridgehead atoms. The second-order valence-corrected chi connectivity index (χ2v) is 7.03. The summed E-state index contributed by atoms with van der Waals surface area (Å²) >= 11 is 0. The Morgan fingerprint density at radius 3 is 1.88 bits per heavy atom. The lowest BCUT2D eigenvalue weighted by atomic mass is 10.0. The molecular weight excluding hydrogens is 308 g/mol. The fraction of sp³-hybridized carbons (Fsp3) is 0.727. The molecule has 1 radical (unpaired) electrons. The van der Waals surface area contributed by atoms with Crippen LogP contribution >= 0.6 is 0 Å². The zero-order valence-corrected chi connectivity index (χ0v) is 16.2. The second kappa shape index (κ2) is 16.1. The lowest BCUT2D eigenvalue weighted by molar-refractivity contribution is 0.0952. The van der Waals surface area contributed by atoms with Gasteiger partial charge in [-0.1, -0.05) is 90.4 Å². The van der Waals surface area contributed by atoms with Gasteiger partial charge in [0.05, 0.1) is 11.8 Å². The van der Waals surface area contributed by atoms with Crippen LogP contribution in [0, 0.1) is 6.20 Å². The number of carbonyl (C=O) groups excluding carboxylic acids is 1. The van der Waals surface area contributed by atoms with Gasteiger partial charge in [0.1, 0.15) is 0 Å². The maximum atomic E-state index is 11.8. The molecule has 3 nitrogen and oxygen atoms in total. The van der Waals surface area contributed by atoms with Crippen LogP contribution in [0.5, 0.6) is 0 Å². The second-order valence-electron chi connectivity index (χ2n) is 7.03. The Labute approximate surface area is 155 Å². The minimum atomic E-state index is -0.0313. The van der Waals surface area contributed by atoms with Crippen molar-refractivity contribution in [3.63, 3.8) is 0 Å². The standard InChI is InChI=1S/C22H37N2O/c1-2-3-4-5-6-7-8-9-10-11-12-13-14-15-19-24-22(25)21-17-16-18-23-20-21/h16-17,20H,2-15,19H2,1H3,(H,24,25). The Morgan fingerprint density at radius 2 is 1.40 bits per heavy atom. The van der Waals surface area contributed by atoms with Gasteiger partial charge in [-0.25, -0.2) is 0 Å². The number of carbonyl (C=O) groups is 1. The van der Waals surface area contributed by atoms with E-state index < -0.39 is 0 Å². The predicted molar refractivity (Wildman–Crippen MR) is 106 cm³/mol. The van der Waals surface area contributed by atoms with Gasteiger partial charge in [0.2, 0.25) is 0 Å². The van der Waals surface area contributed by atoms with Crippen molar-refractivity contribution in [2.45, 2.75) is 96.8 Å². The highest BCUT2D eigenvalue weighted by Crippen LogP contribution is 2.12. The molecule has 0 aromatic carbocycles. The number of pyridine rings is 1. The zero-order chi connectivity index (χ0) is 18.0. The molecule has 0 unspecified atom stereocenters. The average molecular weight is 346 g/mol. The first-order chi connectivity index (χ1) is 12.3. The van der Waals surface area contributed by atoms with Crippen LogP contribution in [0.4, 0.5) is 0 Å². The molecule has 0 fully saturated rings. The summed E-state index contributed by atoms with van der Waals surface area (Å²) in [6, 6.07) is 3.41. The highest BCUT2D eigenvalue weighted by atomic mass is 16.1. The smallest absolute Gasteiger partial charge is 0.252 e. The fourth-order valence-electron chi connectivity index (χ4n) is 3.08. The summed E-state index contributed by atoms with van der Waals surface area (Å²) in [5, 5.41) is 2.95. The first-order valence-electron chi connectivity index (χ1n) is 10.4. The van der Waals surface area contributed by atoms with Gasteiger partial charge < -0.3 is 5.32 Å². The molecule has 0 aliphatic carbocycles. The van der Waals surface area contributed by atoms with Gasteiger partial charge in [0, 0.05) is 12.7 Å². The Hall–Kier alpha value is -1.38. The van der Waals surface area contributed by atoms with Crippen LogP contribution in [0.3, 0.4) is 0 Å². The number of nitrogens with zero attached hydrogens (tertiary/aromatic N) is 1. The third-order valence-electron chi connectivity index (χ3n) is 4.69. The van der Waals surface area contributed by atoms with Crippen molar-refractivity contribution in [2.24, 2.45) is 0 Å². The van der Waals surface area contributed by atoms with E-state index >= 15 is 0 Å².